The fourth-order valence-corrected chi connectivity index (χ4v) is 1.52. The van der Waals surface area contributed by atoms with E-state index in [2.05, 4.69) is 10.8 Å². The Morgan fingerprint density at radius 3 is 3.12 bits per heavy atom. The van der Waals surface area contributed by atoms with Crippen LogP contribution < -0.4 is 15.5 Å². The summed E-state index contributed by atoms with van der Waals surface area (Å²) in [6.07, 6.45) is -0.435. The van der Waals surface area contributed by atoms with Crippen molar-refractivity contribution in [2.75, 3.05) is 12.4 Å². The highest BCUT2D eigenvalue weighted by molar-refractivity contribution is 5.97. The molecule has 0 aromatic heterocycles. The van der Waals surface area contributed by atoms with Crippen LogP contribution in [-0.4, -0.2) is 19.1 Å². The van der Waals surface area contributed by atoms with Gasteiger partial charge in [0, 0.05) is 6.54 Å². The normalized spacial score (nSPS) is 18.6. The van der Waals surface area contributed by atoms with Crippen LogP contribution in [0.25, 0.3) is 0 Å². The number of nitrogens with one attached hydrogen (secondary N) is 2. The van der Waals surface area contributed by atoms with Crippen molar-refractivity contribution in [3.8, 4) is 5.75 Å². The minimum Gasteiger partial charge on any atom is -0.479 e. The summed E-state index contributed by atoms with van der Waals surface area (Å²) in [6.45, 7) is 2.30. The Kier molecular flexibility index (Phi) is 3.07. The van der Waals surface area contributed by atoms with Gasteiger partial charge < -0.3 is 14.9 Å². The zero-order valence-corrected chi connectivity index (χ0v) is 9.24. The lowest BCUT2D eigenvalue weighted by Crippen LogP contribution is -2.34. The molecule has 1 amide bonds. The summed E-state index contributed by atoms with van der Waals surface area (Å²) >= 11 is 0. The third-order valence-corrected chi connectivity index (χ3v) is 2.40. The van der Waals surface area contributed by atoms with Gasteiger partial charge in [0.05, 0.1) is 12.8 Å². The summed E-state index contributed by atoms with van der Waals surface area (Å²) in [6, 6.07) is 5.64. The molecule has 1 atom stereocenters. The van der Waals surface area contributed by atoms with Crippen LogP contribution in [-0.2, 0) is 16.2 Å². The van der Waals surface area contributed by atoms with E-state index in [4.69, 9.17) is 9.57 Å². The molecular weight excluding hydrogens is 208 g/mol. The molecule has 0 fully saturated rings. The third kappa shape index (κ3) is 2.15. The molecule has 0 saturated heterocycles. The predicted molar refractivity (Wildman–Crippen MR) is 59.0 cm³/mol. The first-order valence-electron chi connectivity index (χ1n) is 5.07. The van der Waals surface area contributed by atoms with Gasteiger partial charge >= 0.3 is 0 Å². The molecule has 16 heavy (non-hydrogen) atoms. The summed E-state index contributed by atoms with van der Waals surface area (Å²) in [5.74, 6) is 0.581. The molecule has 1 unspecified atom stereocenters. The number of benzene rings is 1. The van der Waals surface area contributed by atoms with Crippen LogP contribution in [0.2, 0.25) is 0 Å². The van der Waals surface area contributed by atoms with Gasteiger partial charge in [0.15, 0.2) is 6.10 Å². The number of ether oxygens (including phenoxy) is 1. The molecule has 0 bridgehead atoms. The average Bonchev–Trinajstić information content (AvgIpc) is 2.28. The smallest absolute Gasteiger partial charge is 0.265 e. The van der Waals surface area contributed by atoms with Crippen molar-refractivity contribution in [3.63, 3.8) is 0 Å². The summed E-state index contributed by atoms with van der Waals surface area (Å²) in [5, 5.41) is 2.79. The van der Waals surface area contributed by atoms with Gasteiger partial charge in [-0.15, -0.1) is 0 Å². The van der Waals surface area contributed by atoms with Crippen LogP contribution in [0.15, 0.2) is 18.2 Å². The standard InChI is InChI=1S/C11H14N2O3/c1-7-11(14)13-9-5-8(6-12-15-2)3-4-10(9)16-7/h3-5,7,12H,6H2,1-2H3,(H,13,14). The van der Waals surface area contributed by atoms with E-state index in [9.17, 15) is 4.79 Å². The lowest BCUT2D eigenvalue weighted by molar-refractivity contribution is -0.122. The van der Waals surface area contributed by atoms with Crippen LogP contribution in [0.5, 0.6) is 5.75 Å². The van der Waals surface area contributed by atoms with E-state index in [-0.39, 0.29) is 5.91 Å². The number of anilines is 1. The van der Waals surface area contributed by atoms with E-state index in [1.807, 2.05) is 18.2 Å². The van der Waals surface area contributed by atoms with E-state index in [0.29, 0.717) is 18.0 Å². The summed E-state index contributed by atoms with van der Waals surface area (Å²) in [5.41, 5.74) is 4.46. The van der Waals surface area contributed by atoms with E-state index in [0.717, 1.165) is 5.56 Å². The molecule has 0 spiro atoms. The summed E-state index contributed by atoms with van der Waals surface area (Å²) in [7, 11) is 1.56. The van der Waals surface area contributed by atoms with E-state index < -0.39 is 6.10 Å². The fourth-order valence-electron chi connectivity index (χ4n) is 1.52. The topological polar surface area (TPSA) is 59.6 Å². The van der Waals surface area contributed by atoms with Crippen molar-refractivity contribution in [2.45, 2.75) is 19.6 Å². The molecule has 1 aliphatic rings. The molecule has 2 N–H and O–H groups in total. The monoisotopic (exact) mass is 222 g/mol. The first-order valence-corrected chi connectivity index (χ1v) is 5.07. The van der Waals surface area contributed by atoms with E-state index in [1.165, 1.54) is 0 Å². The molecule has 0 radical (unpaired) electrons. The van der Waals surface area contributed by atoms with Crippen LogP contribution >= 0.6 is 0 Å². The molecule has 1 aromatic rings. The fraction of sp³-hybridized carbons (Fsp3) is 0.364. The first kappa shape index (κ1) is 10.9. The van der Waals surface area contributed by atoms with E-state index >= 15 is 0 Å². The van der Waals surface area contributed by atoms with Gasteiger partial charge in [-0.3, -0.25) is 4.79 Å². The van der Waals surface area contributed by atoms with Crippen molar-refractivity contribution in [3.05, 3.63) is 23.8 Å². The highest BCUT2D eigenvalue weighted by Crippen LogP contribution is 2.30. The maximum absolute atomic E-state index is 11.4. The predicted octanol–water partition coefficient (Wildman–Crippen LogP) is 1.06. The molecule has 5 heteroatoms. The highest BCUT2D eigenvalue weighted by atomic mass is 16.6. The Balaban J connectivity index is 2.19. The van der Waals surface area contributed by atoms with Crippen molar-refractivity contribution in [1.82, 2.24) is 5.48 Å². The number of hydrogen-bond acceptors (Lipinski definition) is 4. The Bertz CT molecular complexity index is 406. The molecular formula is C11H14N2O3. The van der Waals surface area contributed by atoms with Crippen LogP contribution in [0.4, 0.5) is 5.69 Å². The number of fused-ring (bicyclic) bond motifs is 1. The molecule has 86 valence electrons. The Morgan fingerprint density at radius 1 is 1.56 bits per heavy atom. The van der Waals surface area contributed by atoms with Gasteiger partial charge in [0.25, 0.3) is 5.91 Å². The molecule has 1 heterocycles. The lowest BCUT2D eigenvalue weighted by atomic mass is 10.1. The Hall–Kier alpha value is -1.59. The van der Waals surface area contributed by atoms with Gasteiger partial charge in [0.1, 0.15) is 5.75 Å². The maximum atomic E-state index is 11.4. The van der Waals surface area contributed by atoms with Crippen molar-refractivity contribution in [1.29, 1.82) is 0 Å². The molecule has 1 aliphatic heterocycles. The zero-order chi connectivity index (χ0) is 11.5. The number of amides is 1. The summed E-state index contributed by atoms with van der Waals surface area (Å²) in [4.78, 5) is 16.2. The highest BCUT2D eigenvalue weighted by Gasteiger charge is 2.23. The molecule has 2 rings (SSSR count). The van der Waals surface area contributed by atoms with Gasteiger partial charge in [-0.25, -0.2) is 0 Å². The van der Waals surface area contributed by atoms with Gasteiger partial charge in [0.2, 0.25) is 0 Å². The van der Waals surface area contributed by atoms with Crippen LogP contribution in [0.3, 0.4) is 0 Å². The molecule has 5 nitrogen and oxygen atoms in total. The summed E-state index contributed by atoms with van der Waals surface area (Å²) < 4.78 is 5.44. The first-order chi connectivity index (χ1) is 7.70. The molecule has 0 saturated carbocycles. The average molecular weight is 222 g/mol. The number of carbonyl (C=O) groups is 1. The van der Waals surface area contributed by atoms with Crippen molar-refractivity contribution in [2.24, 2.45) is 0 Å². The second-order valence-electron chi connectivity index (χ2n) is 3.61. The minimum absolute atomic E-state index is 0.121. The molecule has 1 aromatic carbocycles. The lowest BCUT2D eigenvalue weighted by Gasteiger charge is -2.23. The minimum atomic E-state index is -0.435. The second kappa shape index (κ2) is 4.51. The number of hydroxylamine groups is 1. The van der Waals surface area contributed by atoms with Crippen LogP contribution in [0, 0.1) is 0 Å². The maximum Gasteiger partial charge on any atom is 0.265 e. The van der Waals surface area contributed by atoms with Crippen molar-refractivity contribution < 1.29 is 14.4 Å². The Labute approximate surface area is 93.7 Å². The number of carbonyl (C=O) groups excluding carboxylic acids is 1. The number of hydrogen-bond donors (Lipinski definition) is 2. The zero-order valence-electron chi connectivity index (χ0n) is 9.24. The van der Waals surface area contributed by atoms with E-state index in [1.54, 1.807) is 14.0 Å². The van der Waals surface area contributed by atoms with Crippen molar-refractivity contribution >= 4 is 11.6 Å². The largest absolute Gasteiger partial charge is 0.479 e. The van der Waals surface area contributed by atoms with Gasteiger partial charge in [-0.1, -0.05) is 6.07 Å². The Morgan fingerprint density at radius 2 is 2.38 bits per heavy atom. The SMILES string of the molecule is CONCc1ccc2c(c1)NC(=O)C(C)O2. The number of rotatable bonds is 3. The van der Waals surface area contributed by atoms with Crippen LogP contribution in [0.1, 0.15) is 12.5 Å². The van der Waals surface area contributed by atoms with Gasteiger partial charge in [-0.05, 0) is 24.6 Å². The second-order valence-corrected chi connectivity index (χ2v) is 3.61. The van der Waals surface area contributed by atoms with Gasteiger partial charge in [-0.2, -0.15) is 5.48 Å². The third-order valence-electron chi connectivity index (χ3n) is 2.40. The molecule has 0 aliphatic carbocycles. The quantitative estimate of drug-likeness (QED) is 0.751.